The molecule has 0 spiro atoms. The zero-order chi connectivity index (χ0) is 14.9. The Hall–Kier alpha value is -1.02. The van der Waals surface area contributed by atoms with Gasteiger partial charge in [-0.05, 0) is 36.0 Å². The predicted octanol–water partition coefficient (Wildman–Crippen LogP) is 3.81. The van der Waals surface area contributed by atoms with Crippen LogP contribution in [-0.4, -0.2) is 25.2 Å². The van der Waals surface area contributed by atoms with E-state index in [2.05, 4.69) is 76.0 Å². The lowest BCUT2D eigenvalue weighted by Crippen LogP contribution is -2.57. The molecule has 2 heteroatoms. The van der Waals surface area contributed by atoms with Crippen molar-refractivity contribution in [1.82, 2.24) is 5.32 Å². The summed E-state index contributed by atoms with van der Waals surface area (Å²) in [4.78, 5) is 2.55. The van der Waals surface area contributed by atoms with Gasteiger partial charge in [0.15, 0.2) is 0 Å². The second kappa shape index (κ2) is 5.77. The van der Waals surface area contributed by atoms with Gasteiger partial charge < -0.3 is 10.2 Å². The van der Waals surface area contributed by atoms with E-state index in [0.29, 0.717) is 18.0 Å². The second-order valence-corrected chi connectivity index (χ2v) is 7.56. The van der Waals surface area contributed by atoms with E-state index in [1.54, 1.807) is 0 Å². The van der Waals surface area contributed by atoms with Gasteiger partial charge in [0.05, 0.1) is 0 Å². The molecule has 2 nitrogen and oxygen atoms in total. The Labute approximate surface area is 124 Å². The quantitative estimate of drug-likeness (QED) is 0.882. The van der Waals surface area contributed by atoms with E-state index in [4.69, 9.17) is 0 Å². The van der Waals surface area contributed by atoms with Crippen molar-refractivity contribution in [2.75, 3.05) is 18.0 Å². The average Bonchev–Trinajstić information content (AvgIpc) is 2.38. The van der Waals surface area contributed by atoms with Crippen LogP contribution in [0.4, 0.5) is 5.69 Å². The average molecular weight is 274 g/mol. The molecule has 112 valence electrons. The van der Waals surface area contributed by atoms with Crippen LogP contribution in [0, 0.1) is 5.92 Å². The van der Waals surface area contributed by atoms with Crippen molar-refractivity contribution in [3.8, 4) is 0 Å². The lowest BCUT2D eigenvalue weighted by molar-refractivity contribution is 0.337. The standard InChI is InChI=1S/C18H30N2/c1-13(2)17-12-20(14(3)11-19-17)16-9-7-15(8-10-16)18(4,5)6/h7-10,13-14,17,19H,11-12H2,1-6H3. The molecule has 2 unspecified atom stereocenters. The molecule has 0 amide bonds. The third kappa shape index (κ3) is 3.35. The fourth-order valence-corrected chi connectivity index (χ4v) is 2.85. The van der Waals surface area contributed by atoms with Crippen molar-refractivity contribution in [2.45, 2.75) is 59.0 Å². The summed E-state index contributed by atoms with van der Waals surface area (Å²) in [5, 5.41) is 3.66. The molecule has 0 aliphatic carbocycles. The number of hydrogen-bond acceptors (Lipinski definition) is 2. The first-order valence-corrected chi connectivity index (χ1v) is 7.89. The first-order chi connectivity index (χ1) is 9.29. The molecule has 0 radical (unpaired) electrons. The van der Waals surface area contributed by atoms with Crippen molar-refractivity contribution in [3.05, 3.63) is 29.8 Å². The minimum atomic E-state index is 0.230. The Morgan fingerprint density at radius 1 is 1.15 bits per heavy atom. The third-order valence-electron chi connectivity index (χ3n) is 4.47. The molecular weight excluding hydrogens is 244 g/mol. The number of hydrogen-bond donors (Lipinski definition) is 1. The van der Waals surface area contributed by atoms with Crippen LogP contribution >= 0.6 is 0 Å². The number of nitrogens with zero attached hydrogens (tertiary/aromatic N) is 1. The van der Waals surface area contributed by atoms with Gasteiger partial charge >= 0.3 is 0 Å². The lowest BCUT2D eigenvalue weighted by atomic mass is 9.87. The maximum atomic E-state index is 3.66. The number of anilines is 1. The van der Waals surface area contributed by atoms with Crippen molar-refractivity contribution in [3.63, 3.8) is 0 Å². The maximum Gasteiger partial charge on any atom is 0.0387 e. The summed E-state index contributed by atoms with van der Waals surface area (Å²) in [5.74, 6) is 0.679. The number of piperazine rings is 1. The molecule has 2 rings (SSSR count). The smallest absolute Gasteiger partial charge is 0.0387 e. The summed E-state index contributed by atoms with van der Waals surface area (Å²) in [6.07, 6.45) is 0. The third-order valence-corrected chi connectivity index (χ3v) is 4.47. The Balaban J connectivity index is 2.17. The Morgan fingerprint density at radius 2 is 1.75 bits per heavy atom. The summed E-state index contributed by atoms with van der Waals surface area (Å²) < 4.78 is 0. The SMILES string of the molecule is CC(C)C1CN(c2ccc(C(C)(C)C)cc2)C(C)CN1. The highest BCUT2D eigenvalue weighted by atomic mass is 15.2. The van der Waals surface area contributed by atoms with Crippen molar-refractivity contribution in [2.24, 2.45) is 5.92 Å². The van der Waals surface area contributed by atoms with Gasteiger partial charge in [-0.3, -0.25) is 0 Å². The van der Waals surface area contributed by atoms with E-state index in [0.717, 1.165) is 13.1 Å². The molecule has 0 aromatic heterocycles. The summed E-state index contributed by atoms with van der Waals surface area (Å²) in [5.41, 5.74) is 3.00. The van der Waals surface area contributed by atoms with E-state index < -0.39 is 0 Å². The van der Waals surface area contributed by atoms with Crippen LogP contribution in [0.1, 0.15) is 47.1 Å². The molecule has 2 atom stereocenters. The molecule has 1 aromatic carbocycles. The van der Waals surface area contributed by atoms with E-state index in [9.17, 15) is 0 Å². The van der Waals surface area contributed by atoms with Crippen LogP contribution in [-0.2, 0) is 5.41 Å². The van der Waals surface area contributed by atoms with Gasteiger partial charge in [-0.1, -0.05) is 46.8 Å². The van der Waals surface area contributed by atoms with Gasteiger partial charge in [0.2, 0.25) is 0 Å². The monoisotopic (exact) mass is 274 g/mol. The molecule has 1 heterocycles. The van der Waals surface area contributed by atoms with Gasteiger partial charge in [-0.25, -0.2) is 0 Å². The lowest BCUT2D eigenvalue weighted by Gasteiger charge is -2.42. The Morgan fingerprint density at radius 3 is 2.25 bits per heavy atom. The molecule has 0 saturated carbocycles. The van der Waals surface area contributed by atoms with Crippen LogP contribution in [0.25, 0.3) is 0 Å². The zero-order valence-electron chi connectivity index (χ0n) is 13.9. The van der Waals surface area contributed by atoms with E-state index in [-0.39, 0.29) is 5.41 Å². The molecule has 0 bridgehead atoms. The van der Waals surface area contributed by atoms with Gasteiger partial charge in [0.25, 0.3) is 0 Å². The molecular formula is C18H30N2. The van der Waals surface area contributed by atoms with E-state index in [1.807, 2.05) is 0 Å². The van der Waals surface area contributed by atoms with Crippen molar-refractivity contribution >= 4 is 5.69 Å². The van der Waals surface area contributed by atoms with Crippen molar-refractivity contribution in [1.29, 1.82) is 0 Å². The molecule has 1 aliphatic rings. The van der Waals surface area contributed by atoms with Gasteiger partial charge in [-0.2, -0.15) is 0 Å². The number of benzene rings is 1. The molecule has 1 N–H and O–H groups in total. The highest BCUT2D eigenvalue weighted by molar-refractivity contribution is 5.50. The summed E-state index contributed by atoms with van der Waals surface area (Å²) in [7, 11) is 0. The zero-order valence-corrected chi connectivity index (χ0v) is 13.9. The molecule has 1 fully saturated rings. The fourth-order valence-electron chi connectivity index (χ4n) is 2.85. The summed E-state index contributed by atoms with van der Waals surface area (Å²) in [6.45, 7) is 15.9. The largest absolute Gasteiger partial charge is 0.366 e. The molecule has 20 heavy (non-hydrogen) atoms. The normalized spacial score (nSPS) is 24.2. The first kappa shape index (κ1) is 15.4. The minimum absolute atomic E-state index is 0.230. The molecule has 1 aliphatic heterocycles. The highest BCUT2D eigenvalue weighted by Gasteiger charge is 2.27. The van der Waals surface area contributed by atoms with Crippen LogP contribution in [0.2, 0.25) is 0 Å². The van der Waals surface area contributed by atoms with Gasteiger partial charge in [0.1, 0.15) is 0 Å². The minimum Gasteiger partial charge on any atom is -0.366 e. The van der Waals surface area contributed by atoms with Crippen molar-refractivity contribution < 1.29 is 0 Å². The fraction of sp³-hybridized carbons (Fsp3) is 0.667. The highest BCUT2D eigenvalue weighted by Crippen LogP contribution is 2.27. The van der Waals surface area contributed by atoms with Crippen LogP contribution < -0.4 is 10.2 Å². The van der Waals surface area contributed by atoms with Gasteiger partial charge in [0, 0.05) is 30.9 Å². The van der Waals surface area contributed by atoms with Crippen LogP contribution in [0.5, 0.6) is 0 Å². The van der Waals surface area contributed by atoms with Crippen LogP contribution in [0.3, 0.4) is 0 Å². The van der Waals surface area contributed by atoms with E-state index in [1.165, 1.54) is 11.3 Å². The second-order valence-electron chi connectivity index (χ2n) is 7.56. The Bertz CT molecular complexity index is 428. The predicted molar refractivity (Wildman–Crippen MR) is 88.6 cm³/mol. The number of nitrogens with one attached hydrogen (secondary N) is 1. The molecule has 1 saturated heterocycles. The first-order valence-electron chi connectivity index (χ1n) is 7.89. The summed E-state index contributed by atoms with van der Waals surface area (Å²) in [6, 6.07) is 10.3. The summed E-state index contributed by atoms with van der Waals surface area (Å²) >= 11 is 0. The van der Waals surface area contributed by atoms with Gasteiger partial charge in [-0.15, -0.1) is 0 Å². The molecule has 1 aromatic rings. The topological polar surface area (TPSA) is 15.3 Å². The number of rotatable bonds is 2. The maximum absolute atomic E-state index is 3.66. The van der Waals surface area contributed by atoms with E-state index >= 15 is 0 Å². The Kier molecular flexibility index (Phi) is 4.43. The van der Waals surface area contributed by atoms with Crippen LogP contribution in [0.15, 0.2) is 24.3 Å².